The molecule has 1 aliphatic heterocycles. The van der Waals surface area contributed by atoms with Crippen molar-refractivity contribution in [1.82, 2.24) is 0 Å². The molecule has 0 aromatic rings. The van der Waals surface area contributed by atoms with E-state index >= 15 is 0 Å². The molecule has 2 saturated carbocycles. The van der Waals surface area contributed by atoms with Crippen molar-refractivity contribution in [3.05, 3.63) is 23.5 Å². The van der Waals surface area contributed by atoms with Crippen molar-refractivity contribution in [2.45, 2.75) is 66.9 Å². The highest BCUT2D eigenvalue weighted by Gasteiger charge is 2.84. The van der Waals surface area contributed by atoms with Gasteiger partial charge < -0.3 is 14.6 Å². The number of Topliss-reactive ketones (excluding diaryl/α,β-unsaturated/α-hetero) is 3. The number of hydrogen-bond donors (Lipinski definition) is 1. The van der Waals surface area contributed by atoms with Gasteiger partial charge in [0, 0.05) is 11.8 Å². The first kappa shape index (κ1) is 24.4. The summed E-state index contributed by atoms with van der Waals surface area (Å²) in [6, 6.07) is 0. The van der Waals surface area contributed by atoms with Crippen LogP contribution < -0.4 is 0 Å². The molecule has 0 unspecified atom stereocenters. The molecule has 3 fully saturated rings. The summed E-state index contributed by atoms with van der Waals surface area (Å²) >= 11 is 0. The zero-order valence-corrected chi connectivity index (χ0v) is 20.8. The first-order valence-corrected chi connectivity index (χ1v) is 11.6. The summed E-state index contributed by atoms with van der Waals surface area (Å²) in [6.07, 6.45) is -0.646. The maximum atomic E-state index is 14.2. The zero-order valence-electron chi connectivity index (χ0n) is 20.8. The van der Waals surface area contributed by atoms with Gasteiger partial charge in [-0.2, -0.15) is 0 Å². The summed E-state index contributed by atoms with van der Waals surface area (Å²) in [6.45, 7) is 13.6. The van der Waals surface area contributed by atoms with E-state index in [2.05, 4.69) is 6.58 Å². The summed E-state index contributed by atoms with van der Waals surface area (Å²) in [7, 11) is 1.10. The van der Waals surface area contributed by atoms with Crippen molar-refractivity contribution in [3.63, 3.8) is 0 Å². The third-order valence-corrected chi connectivity index (χ3v) is 9.76. The van der Waals surface area contributed by atoms with Crippen LogP contribution in [0.4, 0.5) is 0 Å². The van der Waals surface area contributed by atoms with Crippen LogP contribution in [-0.4, -0.2) is 47.6 Å². The van der Waals surface area contributed by atoms with Crippen molar-refractivity contribution in [2.75, 3.05) is 7.11 Å². The van der Waals surface area contributed by atoms with Gasteiger partial charge in [-0.15, -0.1) is 0 Å². The Morgan fingerprint density at radius 2 is 1.71 bits per heavy atom. The Hall–Kier alpha value is -2.77. The molecule has 1 heterocycles. The molecule has 4 rings (SSSR count). The van der Waals surface area contributed by atoms with Crippen LogP contribution in [0.2, 0.25) is 0 Å². The zero-order chi connectivity index (χ0) is 25.8. The molecule has 8 heteroatoms. The number of carbonyl (C=O) groups is 5. The largest absolute Gasteiger partial charge is 0.504 e. The van der Waals surface area contributed by atoms with Crippen LogP contribution in [-0.2, 0) is 33.4 Å². The van der Waals surface area contributed by atoms with Crippen LogP contribution in [0.5, 0.6) is 0 Å². The first-order valence-electron chi connectivity index (χ1n) is 11.6. The fourth-order valence-corrected chi connectivity index (χ4v) is 7.94. The van der Waals surface area contributed by atoms with Crippen LogP contribution in [0.15, 0.2) is 23.5 Å². The molecule has 0 bridgehead atoms. The average Bonchev–Trinajstić information content (AvgIpc) is 2.76. The summed E-state index contributed by atoms with van der Waals surface area (Å²) in [4.78, 5) is 68.2. The van der Waals surface area contributed by atoms with Gasteiger partial charge in [0.1, 0.15) is 11.2 Å². The average molecular weight is 473 g/mol. The van der Waals surface area contributed by atoms with Crippen LogP contribution in [0.3, 0.4) is 0 Å². The van der Waals surface area contributed by atoms with Gasteiger partial charge in [0.05, 0.1) is 12.5 Å². The third kappa shape index (κ3) is 2.19. The van der Waals surface area contributed by atoms with E-state index in [-0.39, 0.29) is 24.2 Å². The molecule has 4 aliphatic rings. The quantitative estimate of drug-likeness (QED) is 0.351. The first-order chi connectivity index (χ1) is 15.5. The fourth-order valence-electron chi connectivity index (χ4n) is 7.94. The lowest BCUT2D eigenvalue weighted by Crippen LogP contribution is -2.77. The number of allylic oxidation sites excluding steroid dienone is 2. The van der Waals surface area contributed by atoms with E-state index in [1.807, 2.05) is 6.92 Å². The van der Waals surface area contributed by atoms with Crippen molar-refractivity contribution in [1.29, 1.82) is 0 Å². The molecular formula is C26H32O8. The number of hydrogen-bond acceptors (Lipinski definition) is 8. The Balaban J connectivity index is 2.18. The number of fused-ring (bicyclic) bond motifs is 5. The van der Waals surface area contributed by atoms with Crippen molar-refractivity contribution in [2.24, 2.45) is 33.0 Å². The minimum Gasteiger partial charge on any atom is -0.504 e. The lowest BCUT2D eigenvalue weighted by atomic mass is 9.32. The monoisotopic (exact) mass is 472 g/mol. The number of cyclic esters (lactones) is 1. The number of methoxy groups -OCH3 is 1. The summed E-state index contributed by atoms with van der Waals surface area (Å²) in [5.74, 6) is -4.88. The SMILES string of the molecule is C=C1C[C@H]2[C@@]3(C)CCC(=O)C(C)(C)C3=C(O)C(=O)[C@@]2(C)[C@]2(C(=O)OC)C(=O)[C@H](C)OC(=O)[C@@]12C. The van der Waals surface area contributed by atoms with E-state index in [4.69, 9.17) is 9.47 Å². The Morgan fingerprint density at radius 3 is 2.26 bits per heavy atom. The van der Waals surface area contributed by atoms with Crippen LogP contribution in [0, 0.1) is 33.0 Å². The lowest BCUT2D eigenvalue weighted by molar-refractivity contribution is -0.224. The standard InChI is InChI=1S/C26H32O8/c1-12-11-14-23(5)10-9-15(27)22(3,4)17(23)16(28)19(30)25(14,7)26(21(32)33-8)18(29)13(2)34-20(31)24(12,26)6/h13-14,28H,1,9-11H2,2-8H3/t13-,14-,23+,24+,25-,26-/m0/s1. The van der Waals surface area contributed by atoms with Gasteiger partial charge in [-0.05, 0) is 57.4 Å². The van der Waals surface area contributed by atoms with Crippen molar-refractivity contribution in [3.8, 4) is 0 Å². The molecule has 34 heavy (non-hydrogen) atoms. The second-order valence-electron chi connectivity index (χ2n) is 11.4. The molecule has 0 aromatic carbocycles. The van der Waals surface area contributed by atoms with Gasteiger partial charge in [-0.1, -0.05) is 26.0 Å². The molecule has 0 spiro atoms. The molecular weight excluding hydrogens is 440 g/mol. The van der Waals surface area contributed by atoms with Gasteiger partial charge in [-0.25, -0.2) is 0 Å². The third-order valence-electron chi connectivity index (χ3n) is 9.76. The van der Waals surface area contributed by atoms with Gasteiger partial charge in [-0.3, -0.25) is 24.0 Å². The summed E-state index contributed by atoms with van der Waals surface area (Å²) < 4.78 is 10.5. The van der Waals surface area contributed by atoms with Crippen LogP contribution >= 0.6 is 0 Å². The van der Waals surface area contributed by atoms with Crippen molar-refractivity contribution >= 4 is 29.3 Å². The van der Waals surface area contributed by atoms with Gasteiger partial charge >= 0.3 is 11.9 Å². The Bertz CT molecular complexity index is 1130. The van der Waals surface area contributed by atoms with Gasteiger partial charge in [0.25, 0.3) is 0 Å². The van der Waals surface area contributed by atoms with Gasteiger partial charge in [0.2, 0.25) is 5.78 Å². The second kappa shape index (κ2) is 6.67. The normalized spacial score (nSPS) is 43.6. The number of ketones is 3. The maximum Gasteiger partial charge on any atom is 0.322 e. The predicted molar refractivity (Wildman–Crippen MR) is 119 cm³/mol. The highest BCUT2D eigenvalue weighted by atomic mass is 16.6. The molecule has 8 nitrogen and oxygen atoms in total. The predicted octanol–water partition coefficient (Wildman–Crippen LogP) is 3.04. The topological polar surface area (TPSA) is 124 Å². The number of ether oxygens (including phenoxy) is 2. The highest BCUT2D eigenvalue weighted by molar-refractivity contribution is 6.20. The minimum atomic E-state index is -2.30. The van der Waals surface area contributed by atoms with Gasteiger partial charge in [0.15, 0.2) is 23.1 Å². The van der Waals surface area contributed by atoms with E-state index < -0.39 is 68.4 Å². The van der Waals surface area contributed by atoms with Crippen molar-refractivity contribution < 1.29 is 38.6 Å². The summed E-state index contributed by atoms with van der Waals surface area (Å²) in [5.41, 5.74) is -7.45. The Kier molecular flexibility index (Phi) is 4.78. The van der Waals surface area contributed by atoms with E-state index in [0.717, 1.165) is 7.11 Å². The molecule has 3 aliphatic carbocycles. The number of carbonyl (C=O) groups excluding carboxylic acids is 5. The number of aliphatic hydroxyl groups excluding tert-OH is 1. The van der Waals surface area contributed by atoms with Crippen LogP contribution in [0.1, 0.15) is 60.8 Å². The number of esters is 2. The smallest absolute Gasteiger partial charge is 0.322 e. The molecule has 1 N–H and O–H groups in total. The number of rotatable bonds is 1. The Labute approximate surface area is 198 Å². The molecule has 0 radical (unpaired) electrons. The fraction of sp³-hybridized carbons (Fsp3) is 0.654. The highest BCUT2D eigenvalue weighted by Crippen LogP contribution is 2.74. The Morgan fingerprint density at radius 1 is 1.12 bits per heavy atom. The second-order valence-corrected chi connectivity index (χ2v) is 11.4. The molecule has 0 amide bonds. The molecule has 0 aromatic heterocycles. The number of aliphatic hydroxyl groups is 1. The lowest BCUT2D eigenvalue weighted by Gasteiger charge is -2.67. The molecule has 6 atom stereocenters. The molecule has 1 saturated heterocycles. The minimum absolute atomic E-state index is 0.101. The van der Waals surface area contributed by atoms with E-state index in [0.29, 0.717) is 12.0 Å². The summed E-state index contributed by atoms with van der Waals surface area (Å²) in [5, 5.41) is 11.4. The van der Waals surface area contributed by atoms with E-state index in [1.54, 1.807) is 13.8 Å². The van der Waals surface area contributed by atoms with E-state index in [9.17, 15) is 29.1 Å². The molecule has 184 valence electrons. The maximum absolute atomic E-state index is 14.2. The van der Waals surface area contributed by atoms with E-state index in [1.165, 1.54) is 20.8 Å². The van der Waals surface area contributed by atoms with Crippen LogP contribution in [0.25, 0.3) is 0 Å².